The van der Waals surface area contributed by atoms with Crippen LogP contribution in [0.4, 0.5) is 14.5 Å². The standard InChI is InChI=1S/C26H27F2N3O3/c1-4-16-11-25(12-26(27,28)13-25)24-30-21-18(9-14(2)10-19(21)22(32)31(16)24)15(3)29-20-8-6-5-7-17(20)23(33)34/h5-10,15-16,29H,4,11-13H2,1-3H3,(H,33,34)/t15-,16-/m1/s1. The van der Waals surface area contributed by atoms with Crippen LogP contribution < -0.4 is 10.9 Å². The summed E-state index contributed by atoms with van der Waals surface area (Å²) in [6.07, 6.45) is 0.618. The maximum Gasteiger partial charge on any atom is 0.337 e. The predicted octanol–water partition coefficient (Wildman–Crippen LogP) is 5.60. The minimum absolute atomic E-state index is 0.140. The normalized spacial score (nSPS) is 20.7. The number of aromatic carboxylic acids is 1. The third-order valence-electron chi connectivity index (χ3n) is 7.31. The van der Waals surface area contributed by atoms with Crippen molar-refractivity contribution in [2.75, 3.05) is 5.32 Å². The predicted molar refractivity (Wildman–Crippen MR) is 126 cm³/mol. The van der Waals surface area contributed by atoms with Crippen molar-refractivity contribution in [1.29, 1.82) is 0 Å². The molecule has 34 heavy (non-hydrogen) atoms. The van der Waals surface area contributed by atoms with E-state index in [1.54, 1.807) is 28.8 Å². The first-order valence-corrected chi connectivity index (χ1v) is 11.6. The van der Waals surface area contributed by atoms with Gasteiger partial charge in [-0.3, -0.25) is 9.36 Å². The first-order valence-electron chi connectivity index (χ1n) is 11.6. The monoisotopic (exact) mass is 467 g/mol. The number of rotatable bonds is 5. The van der Waals surface area contributed by atoms with E-state index in [0.717, 1.165) is 11.1 Å². The first kappa shape index (κ1) is 22.5. The van der Waals surface area contributed by atoms with Gasteiger partial charge in [-0.2, -0.15) is 0 Å². The van der Waals surface area contributed by atoms with E-state index < -0.39 is 17.3 Å². The van der Waals surface area contributed by atoms with Crippen LogP contribution in [0.3, 0.4) is 0 Å². The van der Waals surface area contributed by atoms with Gasteiger partial charge in [0.2, 0.25) is 5.92 Å². The Morgan fingerprint density at radius 3 is 2.65 bits per heavy atom. The molecule has 0 amide bonds. The molecule has 2 heterocycles. The third kappa shape index (κ3) is 3.38. The van der Waals surface area contributed by atoms with Crippen LogP contribution in [0.15, 0.2) is 41.2 Å². The van der Waals surface area contributed by atoms with Gasteiger partial charge in [0.05, 0.1) is 22.5 Å². The van der Waals surface area contributed by atoms with E-state index in [9.17, 15) is 23.5 Å². The molecule has 0 radical (unpaired) electrons. The number of aromatic nitrogens is 2. The molecule has 1 aliphatic heterocycles. The zero-order valence-electron chi connectivity index (χ0n) is 19.4. The number of benzene rings is 2. The van der Waals surface area contributed by atoms with Crippen LogP contribution in [0.5, 0.6) is 0 Å². The molecule has 5 rings (SSSR count). The zero-order valence-corrected chi connectivity index (χ0v) is 19.4. The van der Waals surface area contributed by atoms with Gasteiger partial charge in [-0.25, -0.2) is 18.6 Å². The second-order valence-electron chi connectivity index (χ2n) is 9.83. The summed E-state index contributed by atoms with van der Waals surface area (Å²) in [7, 11) is 0. The van der Waals surface area contributed by atoms with Crippen LogP contribution in [0.1, 0.15) is 78.9 Å². The van der Waals surface area contributed by atoms with Crippen molar-refractivity contribution in [2.45, 2.75) is 69.9 Å². The second kappa shape index (κ2) is 7.61. The minimum atomic E-state index is -2.73. The number of hydrogen-bond donors (Lipinski definition) is 2. The smallest absolute Gasteiger partial charge is 0.337 e. The van der Waals surface area contributed by atoms with Crippen LogP contribution >= 0.6 is 0 Å². The molecule has 1 aliphatic carbocycles. The molecule has 3 aromatic rings. The van der Waals surface area contributed by atoms with E-state index in [1.165, 1.54) is 6.07 Å². The van der Waals surface area contributed by atoms with Crippen LogP contribution in [0.2, 0.25) is 0 Å². The number of nitrogens with one attached hydrogen (secondary N) is 1. The highest BCUT2D eigenvalue weighted by atomic mass is 19.3. The number of carboxylic acid groups (broad SMARTS) is 1. The van der Waals surface area contributed by atoms with Crippen molar-refractivity contribution < 1.29 is 18.7 Å². The van der Waals surface area contributed by atoms with Gasteiger partial charge in [0.1, 0.15) is 5.82 Å². The van der Waals surface area contributed by atoms with Crippen LogP contribution in [0.25, 0.3) is 10.9 Å². The number of halogens is 2. The molecule has 0 unspecified atom stereocenters. The largest absolute Gasteiger partial charge is 0.478 e. The molecule has 1 spiro atoms. The van der Waals surface area contributed by atoms with E-state index in [1.807, 2.05) is 26.8 Å². The molecule has 1 aromatic heterocycles. The van der Waals surface area contributed by atoms with Gasteiger partial charge in [-0.1, -0.05) is 25.1 Å². The summed E-state index contributed by atoms with van der Waals surface area (Å²) < 4.78 is 29.7. The molecule has 6 nitrogen and oxygen atoms in total. The summed E-state index contributed by atoms with van der Waals surface area (Å²) in [6.45, 7) is 5.74. The van der Waals surface area contributed by atoms with E-state index in [4.69, 9.17) is 4.98 Å². The van der Waals surface area contributed by atoms with Gasteiger partial charge < -0.3 is 10.4 Å². The Balaban J connectivity index is 1.66. The van der Waals surface area contributed by atoms with Gasteiger partial charge in [0, 0.05) is 35.5 Å². The lowest BCUT2D eigenvalue weighted by atomic mass is 9.64. The molecule has 1 fully saturated rings. The van der Waals surface area contributed by atoms with E-state index in [2.05, 4.69) is 5.32 Å². The van der Waals surface area contributed by atoms with Crippen molar-refractivity contribution in [3.05, 3.63) is 69.3 Å². The van der Waals surface area contributed by atoms with Gasteiger partial charge in [-0.05, 0) is 50.5 Å². The molecular weight excluding hydrogens is 440 g/mol. The Kier molecular flexibility index (Phi) is 5.04. The molecule has 178 valence electrons. The molecule has 2 atom stereocenters. The first-order chi connectivity index (χ1) is 16.0. The maximum atomic E-state index is 14.0. The topological polar surface area (TPSA) is 84.2 Å². The number of hydrogen-bond acceptors (Lipinski definition) is 4. The molecule has 2 N–H and O–H groups in total. The minimum Gasteiger partial charge on any atom is -0.478 e. The summed E-state index contributed by atoms with van der Waals surface area (Å²) in [6, 6.07) is 9.82. The number of anilines is 1. The van der Waals surface area contributed by atoms with Crippen molar-refractivity contribution in [3.8, 4) is 0 Å². The molecule has 2 aliphatic rings. The highest BCUT2D eigenvalue weighted by Crippen LogP contribution is 2.59. The summed E-state index contributed by atoms with van der Waals surface area (Å²) in [5.74, 6) is -3.31. The molecule has 0 saturated heterocycles. The summed E-state index contributed by atoms with van der Waals surface area (Å²) in [4.78, 5) is 30.2. The number of carboxylic acids is 1. The van der Waals surface area contributed by atoms with Gasteiger partial charge in [0.25, 0.3) is 5.56 Å². The quantitative estimate of drug-likeness (QED) is 0.510. The number of alkyl halides is 2. The summed E-state index contributed by atoms with van der Waals surface area (Å²) >= 11 is 0. The SMILES string of the molecule is CC[C@@H]1CC2(CC(F)(F)C2)c2nc3c([C@@H](C)Nc4ccccc4C(=O)O)cc(C)cc3c(=O)n21. The van der Waals surface area contributed by atoms with Gasteiger partial charge in [0.15, 0.2) is 0 Å². The van der Waals surface area contributed by atoms with E-state index >= 15 is 0 Å². The average molecular weight is 468 g/mol. The van der Waals surface area contributed by atoms with Crippen LogP contribution in [-0.2, 0) is 5.41 Å². The summed E-state index contributed by atoms with van der Waals surface area (Å²) in [5, 5.41) is 13.2. The van der Waals surface area contributed by atoms with Gasteiger partial charge in [-0.15, -0.1) is 0 Å². The lowest BCUT2D eigenvalue weighted by molar-refractivity contribution is -0.128. The fourth-order valence-corrected chi connectivity index (χ4v) is 5.83. The zero-order chi connectivity index (χ0) is 24.4. The Hall–Kier alpha value is -3.29. The number of fused-ring (bicyclic) bond motifs is 3. The lowest BCUT2D eigenvalue weighted by Crippen LogP contribution is -2.49. The molecule has 2 aromatic carbocycles. The number of nitrogens with zero attached hydrogens (tertiary/aromatic N) is 2. The van der Waals surface area contributed by atoms with E-state index in [-0.39, 0.29) is 36.0 Å². The Labute approximate surface area is 195 Å². The Morgan fingerprint density at radius 1 is 1.29 bits per heavy atom. The van der Waals surface area contributed by atoms with Crippen molar-refractivity contribution in [2.24, 2.45) is 0 Å². The van der Waals surface area contributed by atoms with E-state index in [0.29, 0.717) is 35.3 Å². The number of aryl methyl sites for hydroxylation is 1. The highest BCUT2D eigenvalue weighted by molar-refractivity contribution is 5.94. The second-order valence-corrected chi connectivity index (χ2v) is 9.83. The third-order valence-corrected chi connectivity index (χ3v) is 7.31. The van der Waals surface area contributed by atoms with Gasteiger partial charge >= 0.3 is 5.97 Å². The maximum absolute atomic E-state index is 14.0. The van der Waals surface area contributed by atoms with Crippen molar-refractivity contribution in [3.63, 3.8) is 0 Å². The Morgan fingerprint density at radius 2 is 2.00 bits per heavy atom. The summed E-state index contributed by atoms with van der Waals surface area (Å²) in [5.41, 5.74) is 1.72. The van der Waals surface area contributed by atoms with Crippen LogP contribution in [0, 0.1) is 6.92 Å². The number of carbonyl (C=O) groups is 1. The Bertz CT molecular complexity index is 1370. The van der Waals surface area contributed by atoms with Crippen LogP contribution in [-0.4, -0.2) is 26.5 Å². The number of para-hydroxylation sites is 1. The fraction of sp³-hybridized carbons (Fsp3) is 0.423. The molecule has 8 heteroatoms. The average Bonchev–Trinajstić information content (AvgIpc) is 3.07. The van der Waals surface area contributed by atoms with Crippen molar-refractivity contribution in [1.82, 2.24) is 9.55 Å². The highest BCUT2D eigenvalue weighted by Gasteiger charge is 2.62. The fourth-order valence-electron chi connectivity index (χ4n) is 5.83. The molecular formula is C26H27F2N3O3. The molecule has 0 bridgehead atoms. The van der Waals surface area contributed by atoms with Crippen molar-refractivity contribution >= 4 is 22.6 Å². The molecule has 1 saturated carbocycles. The lowest BCUT2D eigenvalue weighted by Gasteiger charge is -2.44.